The van der Waals surface area contributed by atoms with Crippen molar-refractivity contribution < 1.29 is 4.42 Å². The largest absolute Gasteiger partial charge is 0.464 e. The molecule has 78 valence electrons. The first kappa shape index (κ1) is 9.78. The fourth-order valence-electron chi connectivity index (χ4n) is 2.10. The third-order valence-corrected chi connectivity index (χ3v) is 3.40. The fraction of sp³-hybridized carbons (Fsp3) is 0.667. The topological polar surface area (TPSA) is 39.2 Å². The van der Waals surface area contributed by atoms with Gasteiger partial charge in [0.25, 0.3) is 0 Å². The number of fused-ring (bicyclic) bond motifs is 1. The van der Waals surface area contributed by atoms with Crippen molar-refractivity contribution in [2.75, 3.05) is 0 Å². The third-order valence-electron chi connectivity index (χ3n) is 3.40. The second-order valence-electron chi connectivity index (χ2n) is 4.92. The van der Waals surface area contributed by atoms with Gasteiger partial charge in [0.2, 0.25) is 0 Å². The SMILES string of the molecule is CCc1cc2c(o1)C(N)C(C)(C)CC2. The first-order valence-corrected chi connectivity index (χ1v) is 5.41. The van der Waals surface area contributed by atoms with E-state index in [0.29, 0.717) is 0 Å². The van der Waals surface area contributed by atoms with Crippen LogP contribution in [0.4, 0.5) is 0 Å². The summed E-state index contributed by atoms with van der Waals surface area (Å²) in [6.07, 6.45) is 3.23. The fourth-order valence-corrected chi connectivity index (χ4v) is 2.10. The van der Waals surface area contributed by atoms with Crippen LogP contribution in [0.1, 0.15) is 50.3 Å². The molecule has 0 saturated carbocycles. The highest BCUT2D eigenvalue weighted by molar-refractivity contribution is 5.28. The van der Waals surface area contributed by atoms with Gasteiger partial charge in [0.05, 0.1) is 6.04 Å². The minimum absolute atomic E-state index is 0.0616. The Morgan fingerprint density at radius 3 is 2.93 bits per heavy atom. The summed E-state index contributed by atoms with van der Waals surface area (Å²) in [5.41, 5.74) is 7.70. The van der Waals surface area contributed by atoms with E-state index < -0.39 is 0 Å². The van der Waals surface area contributed by atoms with Crippen molar-refractivity contribution in [2.45, 2.75) is 46.1 Å². The minimum atomic E-state index is 0.0616. The van der Waals surface area contributed by atoms with Gasteiger partial charge in [-0.2, -0.15) is 0 Å². The first-order chi connectivity index (χ1) is 6.54. The van der Waals surface area contributed by atoms with Crippen molar-refractivity contribution in [3.8, 4) is 0 Å². The lowest BCUT2D eigenvalue weighted by molar-refractivity contribution is 0.216. The maximum atomic E-state index is 6.20. The summed E-state index contributed by atoms with van der Waals surface area (Å²) in [6, 6.07) is 2.23. The summed E-state index contributed by atoms with van der Waals surface area (Å²) in [7, 11) is 0. The summed E-state index contributed by atoms with van der Waals surface area (Å²) in [6.45, 7) is 6.55. The van der Waals surface area contributed by atoms with Gasteiger partial charge in [-0.05, 0) is 29.9 Å². The second kappa shape index (κ2) is 3.13. The average molecular weight is 193 g/mol. The molecule has 14 heavy (non-hydrogen) atoms. The number of nitrogens with two attached hydrogens (primary N) is 1. The predicted octanol–water partition coefficient (Wildman–Crippen LogP) is 2.81. The van der Waals surface area contributed by atoms with Crippen LogP contribution in [-0.4, -0.2) is 0 Å². The maximum absolute atomic E-state index is 6.20. The molecule has 2 heteroatoms. The molecule has 0 aromatic carbocycles. The Bertz CT molecular complexity index is 338. The number of aryl methyl sites for hydroxylation is 2. The van der Waals surface area contributed by atoms with Crippen molar-refractivity contribution in [1.82, 2.24) is 0 Å². The molecule has 0 aliphatic heterocycles. The van der Waals surface area contributed by atoms with Crippen LogP contribution in [0, 0.1) is 5.41 Å². The third kappa shape index (κ3) is 1.38. The Kier molecular flexibility index (Phi) is 2.18. The average Bonchev–Trinajstić information content (AvgIpc) is 2.55. The van der Waals surface area contributed by atoms with E-state index in [1.165, 1.54) is 5.56 Å². The molecule has 1 unspecified atom stereocenters. The molecule has 0 bridgehead atoms. The normalized spacial score (nSPS) is 24.7. The van der Waals surface area contributed by atoms with Gasteiger partial charge in [0, 0.05) is 6.42 Å². The molecule has 1 atom stereocenters. The Morgan fingerprint density at radius 1 is 1.57 bits per heavy atom. The molecular formula is C12H19NO. The van der Waals surface area contributed by atoms with Crippen LogP contribution in [0.3, 0.4) is 0 Å². The number of hydrogen-bond acceptors (Lipinski definition) is 2. The molecule has 1 aromatic rings. The standard InChI is InChI=1S/C12H19NO/c1-4-9-7-8-5-6-12(2,3)11(13)10(8)14-9/h7,11H,4-6,13H2,1-3H3. The molecule has 0 radical (unpaired) electrons. The lowest BCUT2D eigenvalue weighted by Crippen LogP contribution is -2.33. The predicted molar refractivity (Wildman–Crippen MR) is 57.1 cm³/mol. The first-order valence-electron chi connectivity index (χ1n) is 5.41. The summed E-state index contributed by atoms with van der Waals surface area (Å²) in [5, 5.41) is 0. The van der Waals surface area contributed by atoms with E-state index in [2.05, 4.69) is 26.8 Å². The van der Waals surface area contributed by atoms with Gasteiger partial charge in [0.15, 0.2) is 0 Å². The Morgan fingerprint density at radius 2 is 2.29 bits per heavy atom. The molecule has 1 aromatic heterocycles. The van der Waals surface area contributed by atoms with Crippen LogP contribution in [0.5, 0.6) is 0 Å². The molecule has 0 fully saturated rings. The summed E-state index contributed by atoms with van der Waals surface area (Å²) in [4.78, 5) is 0. The smallest absolute Gasteiger partial charge is 0.124 e. The Balaban J connectivity index is 2.40. The van der Waals surface area contributed by atoms with Crippen LogP contribution < -0.4 is 5.73 Å². The van der Waals surface area contributed by atoms with Crippen LogP contribution in [0.2, 0.25) is 0 Å². The van der Waals surface area contributed by atoms with Crippen molar-refractivity contribution in [1.29, 1.82) is 0 Å². The second-order valence-corrected chi connectivity index (χ2v) is 4.92. The highest BCUT2D eigenvalue weighted by atomic mass is 16.3. The molecule has 1 aliphatic rings. The minimum Gasteiger partial charge on any atom is -0.464 e. The van der Waals surface area contributed by atoms with E-state index in [1.54, 1.807) is 0 Å². The Labute approximate surface area is 85.5 Å². The number of rotatable bonds is 1. The van der Waals surface area contributed by atoms with Crippen molar-refractivity contribution in [3.63, 3.8) is 0 Å². The van der Waals surface area contributed by atoms with E-state index >= 15 is 0 Å². The molecule has 0 spiro atoms. The zero-order chi connectivity index (χ0) is 10.3. The molecule has 2 rings (SSSR count). The quantitative estimate of drug-likeness (QED) is 0.745. The van der Waals surface area contributed by atoms with E-state index in [0.717, 1.165) is 30.8 Å². The van der Waals surface area contributed by atoms with Crippen LogP contribution >= 0.6 is 0 Å². The van der Waals surface area contributed by atoms with Crippen molar-refractivity contribution in [2.24, 2.45) is 11.1 Å². The van der Waals surface area contributed by atoms with Crippen LogP contribution in [-0.2, 0) is 12.8 Å². The maximum Gasteiger partial charge on any atom is 0.124 e. The molecule has 2 nitrogen and oxygen atoms in total. The summed E-state index contributed by atoms with van der Waals surface area (Å²) >= 11 is 0. The van der Waals surface area contributed by atoms with Crippen molar-refractivity contribution >= 4 is 0 Å². The van der Waals surface area contributed by atoms with Gasteiger partial charge in [-0.1, -0.05) is 20.8 Å². The summed E-state index contributed by atoms with van der Waals surface area (Å²) in [5.74, 6) is 2.10. The van der Waals surface area contributed by atoms with Gasteiger partial charge in [-0.3, -0.25) is 0 Å². The van der Waals surface area contributed by atoms with Crippen LogP contribution in [0.15, 0.2) is 10.5 Å². The highest BCUT2D eigenvalue weighted by Crippen LogP contribution is 2.42. The summed E-state index contributed by atoms with van der Waals surface area (Å²) < 4.78 is 5.78. The van der Waals surface area contributed by atoms with Crippen molar-refractivity contribution in [3.05, 3.63) is 23.2 Å². The van der Waals surface area contributed by atoms with E-state index in [9.17, 15) is 0 Å². The van der Waals surface area contributed by atoms with Gasteiger partial charge in [-0.15, -0.1) is 0 Å². The number of furan rings is 1. The highest BCUT2D eigenvalue weighted by Gasteiger charge is 2.36. The molecule has 0 saturated heterocycles. The van der Waals surface area contributed by atoms with E-state index in [-0.39, 0.29) is 11.5 Å². The molecule has 2 N–H and O–H groups in total. The van der Waals surface area contributed by atoms with Gasteiger partial charge >= 0.3 is 0 Å². The number of hydrogen-bond donors (Lipinski definition) is 1. The van der Waals surface area contributed by atoms with Gasteiger partial charge < -0.3 is 10.2 Å². The van der Waals surface area contributed by atoms with Crippen LogP contribution in [0.25, 0.3) is 0 Å². The monoisotopic (exact) mass is 193 g/mol. The van der Waals surface area contributed by atoms with E-state index in [1.807, 2.05) is 0 Å². The zero-order valence-electron chi connectivity index (χ0n) is 9.26. The van der Waals surface area contributed by atoms with E-state index in [4.69, 9.17) is 10.2 Å². The lowest BCUT2D eigenvalue weighted by atomic mass is 9.74. The van der Waals surface area contributed by atoms with Gasteiger partial charge in [-0.25, -0.2) is 0 Å². The molecule has 1 heterocycles. The lowest BCUT2D eigenvalue weighted by Gasteiger charge is -2.34. The molecule has 1 aliphatic carbocycles. The van der Waals surface area contributed by atoms with Gasteiger partial charge in [0.1, 0.15) is 11.5 Å². The molecular weight excluding hydrogens is 174 g/mol. The zero-order valence-corrected chi connectivity index (χ0v) is 9.26. The molecule has 0 amide bonds. The Hall–Kier alpha value is -0.760.